The molecule has 0 fully saturated rings. The summed E-state index contributed by atoms with van der Waals surface area (Å²) in [6.07, 6.45) is 7.64. The monoisotopic (exact) mass is 428 g/mol. The molecule has 6 rings (SSSR count). The van der Waals surface area contributed by atoms with Crippen molar-refractivity contribution in [3.8, 4) is 28.2 Å². The van der Waals surface area contributed by atoms with Crippen molar-refractivity contribution in [1.82, 2.24) is 19.1 Å². The number of para-hydroxylation sites is 1. The highest BCUT2D eigenvalue weighted by Crippen LogP contribution is 2.35. The van der Waals surface area contributed by atoms with E-state index in [1.807, 2.05) is 30.9 Å². The predicted molar refractivity (Wildman–Crippen MR) is 136 cm³/mol. The number of aromatic nitrogens is 4. The van der Waals surface area contributed by atoms with Crippen molar-refractivity contribution in [1.29, 1.82) is 0 Å². The molecule has 33 heavy (non-hydrogen) atoms. The molecule has 6 aromatic rings. The Balaban J connectivity index is 1.51. The first-order valence-electron chi connectivity index (χ1n) is 11.3. The third-order valence-corrected chi connectivity index (χ3v) is 6.28. The minimum atomic E-state index is 0.369. The zero-order valence-corrected chi connectivity index (χ0v) is 18.7. The van der Waals surface area contributed by atoms with Gasteiger partial charge >= 0.3 is 0 Å². The lowest BCUT2D eigenvalue weighted by molar-refractivity contribution is 0.606. The lowest BCUT2D eigenvalue weighted by Gasteiger charge is -2.13. The maximum absolute atomic E-state index is 4.59. The molecule has 0 unspecified atom stereocenters. The second-order valence-electron chi connectivity index (χ2n) is 8.62. The summed E-state index contributed by atoms with van der Waals surface area (Å²) in [6, 6.07) is 28.5. The first-order chi connectivity index (χ1) is 16.2. The van der Waals surface area contributed by atoms with Crippen LogP contribution in [0.15, 0.2) is 104 Å². The Labute approximate surface area is 192 Å². The van der Waals surface area contributed by atoms with E-state index in [1.165, 1.54) is 27.4 Å². The molecule has 0 aliphatic carbocycles. The van der Waals surface area contributed by atoms with Gasteiger partial charge in [0, 0.05) is 58.4 Å². The van der Waals surface area contributed by atoms with Crippen molar-refractivity contribution < 1.29 is 0 Å². The highest BCUT2D eigenvalue weighted by molar-refractivity contribution is 6.10. The van der Waals surface area contributed by atoms with Gasteiger partial charge in [-0.15, -0.1) is 0 Å². The minimum Gasteiger partial charge on any atom is -0.328 e. The van der Waals surface area contributed by atoms with Crippen molar-refractivity contribution in [3.63, 3.8) is 0 Å². The van der Waals surface area contributed by atoms with Gasteiger partial charge in [0.2, 0.25) is 0 Å². The predicted octanol–water partition coefficient (Wildman–Crippen LogP) is 7.29. The van der Waals surface area contributed by atoms with E-state index in [-0.39, 0.29) is 0 Å². The molecule has 0 aliphatic rings. The molecule has 0 radical (unpaired) electrons. The molecular formula is C29H24N4. The molecule has 3 aromatic heterocycles. The average Bonchev–Trinajstić information content (AvgIpc) is 3.48. The van der Waals surface area contributed by atoms with Crippen LogP contribution in [-0.2, 0) is 0 Å². The van der Waals surface area contributed by atoms with Gasteiger partial charge in [-0.05, 0) is 67.9 Å². The van der Waals surface area contributed by atoms with Gasteiger partial charge in [0.05, 0.1) is 11.0 Å². The number of nitrogens with zero attached hydrogens (tertiary/aromatic N) is 4. The summed E-state index contributed by atoms with van der Waals surface area (Å²) in [5.74, 6) is 1.000. The number of rotatable bonds is 4. The summed E-state index contributed by atoms with van der Waals surface area (Å²) in [5, 5.41) is 2.49. The molecule has 4 nitrogen and oxygen atoms in total. The van der Waals surface area contributed by atoms with E-state index in [0.29, 0.717) is 6.04 Å². The van der Waals surface area contributed by atoms with Crippen molar-refractivity contribution in [3.05, 3.63) is 104 Å². The lowest BCUT2D eigenvalue weighted by atomic mass is 10.0. The number of pyridine rings is 1. The quantitative estimate of drug-likeness (QED) is 0.295. The van der Waals surface area contributed by atoms with Crippen LogP contribution >= 0.6 is 0 Å². The molecule has 3 heterocycles. The fourth-order valence-corrected chi connectivity index (χ4v) is 4.68. The van der Waals surface area contributed by atoms with E-state index in [2.05, 4.69) is 106 Å². The maximum atomic E-state index is 4.59. The molecule has 0 bridgehead atoms. The molecule has 0 saturated heterocycles. The molecule has 0 amide bonds. The van der Waals surface area contributed by atoms with Gasteiger partial charge in [-0.3, -0.25) is 4.98 Å². The van der Waals surface area contributed by atoms with Crippen LogP contribution in [0.25, 0.3) is 50.0 Å². The van der Waals surface area contributed by atoms with E-state index in [4.69, 9.17) is 0 Å². The summed E-state index contributed by atoms with van der Waals surface area (Å²) >= 11 is 0. The number of imidazole rings is 1. The molecule has 3 aromatic carbocycles. The Morgan fingerprint density at radius 3 is 2.27 bits per heavy atom. The number of hydrogen-bond donors (Lipinski definition) is 0. The summed E-state index contributed by atoms with van der Waals surface area (Å²) in [5.41, 5.74) is 6.96. The lowest BCUT2D eigenvalue weighted by Crippen LogP contribution is -2.02. The van der Waals surface area contributed by atoms with Crippen LogP contribution in [0.2, 0.25) is 0 Å². The van der Waals surface area contributed by atoms with Crippen molar-refractivity contribution in [2.75, 3.05) is 0 Å². The number of fused-ring (bicyclic) bond motifs is 3. The Morgan fingerprint density at radius 1 is 0.697 bits per heavy atom. The van der Waals surface area contributed by atoms with Crippen LogP contribution in [0.1, 0.15) is 19.9 Å². The Morgan fingerprint density at radius 2 is 1.48 bits per heavy atom. The van der Waals surface area contributed by atoms with Gasteiger partial charge in [0.25, 0.3) is 0 Å². The molecule has 0 N–H and O–H groups in total. The molecule has 160 valence electrons. The van der Waals surface area contributed by atoms with E-state index < -0.39 is 0 Å². The topological polar surface area (TPSA) is 35.6 Å². The molecular weight excluding hydrogens is 404 g/mol. The maximum Gasteiger partial charge on any atom is 0.140 e. The number of hydrogen-bond acceptors (Lipinski definition) is 2. The van der Waals surface area contributed by atoms with Gasteiger partial charge in [0.1, 0.15) is 5.82 Å². The van der Waals surface area contributed by atoms with E-state index in [0.717, 1.165) is 22.6 Å². The first kappa shape index (κ1) is 19.5. The SMILES string of the molecule is CC(C)n1ccnc1-c1ccc(-n2c3ccccc3c3cc(-c4cccnc4)ccc32)cc1. The Bertz CT molecular complexity index is 1570. The summed E-state index contributed by atoms with van der Waals surface area (Å²) in [6.45, 7) is 4.36. The van der Waals surface area contributed by atoms with Gasteiger partial charge in [-0.25, -0.2) is 4.98 Å². The third kappa shape index (κ3) is 3.23. The molecule has 4 heteroatoms. The standard InChI is InChI=1S/C29H24N4/c1-20(2)32-17-16-31-29(32)21-9-12-24(13-10-21)33-27-8-4-3-7-25(27)26-18-22(11-14-28(26)33)23-6-5-15-30-19-23/h3-20H,1-2H3. The Kier molecular flexibility index (Phi) is 4.58. The van der Waals surface area contributed by atoms with E-state index in [9.17, 15) is 0 Å². The zero-order chi connectivity index (χ0) is 22.4. The zero-order valence-electron chi connectivity index (χ0n) is 18.7. The second kappa shape index (κ2) is 7.75. The van der Waals surface area contributed by atoms with Crippen LogP contribution < -0.4 is 0 Å². The highest BCUT2D eigenvalue weighted by Gasteiger charge is 2.14. The normalized spacial score (nSPS) is 11.6. The summed E-state index contributed by atoms with van der Waals surface area (Å²) in [7, 11) is 0. The molecule has 0 saturated carbocycles. The van der Waals surface area contributed by atoms with Crippen molar-refractivity contribution in [2.45, 2.75) is 19.9 Å². The van der Waals surface area contributed by atoms with Crippen LogP contribution in [0.3, 0.4) is 0 Å². The fraction of sp³-hybridized carbons (Fsp3) is 0.103. The second-order valence-corrected chi connectivity index (χ2v) is 8.62. The van der Waals surface area contributed by atoms with E-state index >= 15 is 0 Å². The average molecular weight is 429 g/mol. The highest BCUT2D eigenvalue weighted by atomic mass is 15.1. The van der Waals surface area contributed by atoms with Crippen LogP contribution in [0, 0.1) is 0 Å². The fourth-order valence-electron chi connectivity index (χ4n) is 4.68. The van der Waals surface area contributed by atoms with Crippen LogP contribution in [0.5, 0.6) is 0 Å². The Hall–Kier alpha value is -4.18. The minimum absolute atomic E-state index is 0.369. The largest absolute Gasteiger partial charge is 0.328 e. The van der Waals surface area contributed by atoms with Gasteiger partial charge in [0.15, 0.2) is 0 Å². The van der Waals surface area contributed by atoms with E-state index in [1.54, 1.807) is 0 Å². The van der Waals surface area contributed by atoms with Gasteiger partial charge in [-0.2, -0.15) is 0 Å². The summed E-state index contributed by atoms with van der Waals surface area (Å²) < 4.78 is 4.55. The van der Waals surface area contributed by atoms with Gasteiger partial charge < -0.3 is 9.13 Å². The smallest absolute Gasteiger partial charge is 0.140 e. The van der Waals surface area contributed by atoms with Crippen molar-refractivity contribution in [2.24, 2.45) is 0 Å². The van der Waals surface area contributed by atoms with Crippen molar-refractivity contribution >= 4 is 21.8 Å². The molecule has 0 atom stereocenters. The third-order valence-electron chi connectivity index (χ3n) is 6.28. The first-order valence-corrected chi connectivity index (χ1v) is 11.3. The summed E-state index contributed by atoms with van der Waals surface area (Å²) in [4.78, 5) is 8.88. The van der Waals surface area contributed by atoms with Gasteiger partial charge in [-0.1, -0.05) is 30.3 Å². The molecule has 0 aliphatic heterocycles. The van der Waals surface area contributed by atoms with Crippen LogP contribution in [-0.4, -0.2) is 19.1 Å². The molecule has 0 spiro atoms. The number of benzene rings is 3. The van der Waals surface area contributed by atoms with Crippen LogP contribution in [0.4, 0.5) is 0 Å².